The largest absolute Gasteiger partial charge is 0.480 e. The summed E-state index contributed by atoms with van der Waals surface area (Å²) in [5.41, 5.74) is 2.82. The standard InChI is InChI=1S/C15H18N2O3/c18-14(17-8-2-1-3-13(17)15(19)20)11-4-5-12-10(9-11)6-7-16-12/h4-5,9,13,16H,1-3,6-8H2,(H,19,20)/t13-/m1/s1. The summed E-state index contributed by atoms with van der Waals surface area (Å²) in [4.78, 5) is 25.4. The van der Waals surface area contributed by atoms with Crippen LogP contribution in [0.25, 0.3) is 0 Å². The maximum Gasteiger partial charge on any atom is 0.326 e. The molecule has 0 radical (unpaired) electrons. The Balaban J connectivity index is 1.85. The summed E-state index contributed by atoms with van der Waals surface area (Å²) in [7, 11) is 0. The van der Waals surface area contributed by atoms with Crippen LogP contribution in [-0.2, 0) is 11.2 Å². The molecule has 0 bridgehead atoms. The van der Waals surface area contributed by atoms with Crippen LogP contribution in [0.2, 0.25) is 0 Å². The zero-order chi connectivity index (χ0) is 14.1. The molecule has 1 aromatic carbocycles. The minimum Gasteiger partial charge on any atom is -0.480 e. The molecule has 0 aromatic heterocycles. The Morgan fingerprint density at radius 1 is 1.30 bits per heavy atom. The van der Waals surface area contributed by atoms with Crippen molar-refractivity contribution in [1.29, 1.82) is 0 Å². The Labute approximate surface area is 117 Å². The van der Waals surface area contributed by atoms with Gasteiger partial charge >= 0.3 is 5.97 Å². The molecule has 20 heavy (non-hydrogen) atoms. The number of likely N-dealkylation sites (tertiary alicyclic amines) is 1. The van der Waals surface area contributed by atoms with E-state index in [1.165, 1.54) is 4.90 Å². The summed E-state index contributed by atoms with van der Waals surface area (Å²) in [5.74, 6) is -1.06. The van der Waals surface area contributed by atoms with Crippen molar-refractivity contribution in [3.8, 4) is 0 Å². The van der Waals surface area contributed by atoms with Crippen molar-refractivity contribution in [1.82, 2.24) is 4.90 Å². The lowest BCUT2D eigenvalue weighted by atomic mass is 10.00. The van der Waals surface area contributed by atoms with Gasteiger partial charge in [0, 0.05) is 24.3 Å². The number of hydrogen-bond acceptors (Lipinski definition) is 3. The minimum atomic E-state index is -0.902. The topological polar surface area (TPSA) is 69.6 Å². The molecule has 0 saturated carbocycles. The van der Waals surface area contributed by atoms with Gasteiger partial charge in [0.15, 0.2) is 0 Å². The lowest BCUT2D eigenvalue weighted by Crippen LogP contribution is -2.48. The zero-order valence-corrected chi connectivity index (χ0v) is 11.3. The molecule has 2 aliphatic rings. The fraction of sp³-hybridized carbons (Fsp3) is 0.467. The van der Waals surface area contributed by atoms with Gasteiger partial charge in [-0.05, 0) is 49.4 Å². The highest BCUT2D eigenvalue weighted by molar-refractivity contribution is 5.97. The summed E-state index contributed by atoms with van der Waals surface area (Å²) in [6.45, 7) is 1.43. The average molecular weight is 274 g/mol. The Bertz CT molecular complexity index is 556. The highest BCUT2D eigenvalue weighted by atomic mass is 16.4. The van der Waals surface area contributed by atoms with Gasteiger partial charge in [-0.1, -0.05) is 0 Å². The predicted octanol–water partition coefficient (Wildman–Crippen LogP) is 1.73. The second-order valence-electron chi connectivity index (χ2n) is 5.40. The van der Waals surface area contributed by atoms with Gasteiger partial charge in [-0.2, -0.15) is 0 Å². The first-order valence-electron chi connectivity index (χ1n) is 7.07. The summed E-state index contributed by atoms with van der Waals surface area (Å²) < 4.78 is 0. The maximum absolute atomic E-state index is 12.6. The number of nitrogens with one attached hydrogen (secondary N) is 1. The Morgan fingerprint density at radius 3 is 2.95 bits per heavy atom. The number of nitrogens with zero attached hydrogens (tertiary/aromatic N) is 1. The molecule has 0 aliphatic carbocycles. The summed E-state index contributed by atoms with van der Waals surface area (Å²) in [6.07, 6.45) is 3.21. The quantitative estimate of drug-likeness (QED) is 0.861. The molecule has 2 N–H and O–H groups in total. The molecular weight excluding hydrogens is 256 g/mol. The molecule has 3 rings (SSSR count). The number of benzene rings is 1. The number of piperidine rings is 1. The highest BCUT2D eigenvalue weighted by Gasteiger charge is 2.32. The highest BCUT2D eigenvalue weighted by Crippen LogP contribution is 2.25. The van der Waals surface area contributed by atoms with Crippen LogP contribution in [-0.4, -0.2) is 41.0 Å². The first kappa shape index (κ1) is 13.0. The van der Waals surface area contributed by atoms with Crippen molar-refractivity contribution in [2.24, 2.45) is 0 Å². The fourth-order valence-corrected chi connectivity index (χ4v) is 3.04. The van der Waals surface area contributed by atoms with Gasteiger partial charge in [-0.3, -0.25) is 4.79 Å². The number of amides is 1. The molecule has 1 atom stereocenters. The van der Waals surface area contributed by atoms with Gasteiger partial charge in [0.05, 0.1) is 0 Å². The van der Waals surface area contributed by atoms with Gasteiger partial charge in [0.2, 0.25) is 0 Å². The molecule has 1 amide bonds. The first-order valence-corrected chi connectivity index (χ1v) is 7.07. The number of carboxylic acid groups (broad SMARTS) is 1. The molecule has 0 spiro atoms. The van der Waals surface area contributed by atoms with E-state index in [0.717, 1.165) is 37.1 Å². The number of aliphatic carboxylic acids is 1. The molecule has 106 valence electrons. The SMILES string of the molecule is O=C(O)[C@H]1CCCCN1C(=O)c1ccc2c(c1)CCN2. The van der Waals surface area contributed by atoms with Crippen molar-refractivity contribution in [2.75, 3.05) is 18.4 Å². The lowest BCUT2D eigenvalue weighted by molar-refractivity contribution is -0.143. The third-order valence-electron chi connectivity index (χ3n) is 4.11. The predicted molar refractivity (Wildman–Crippen MR) is 74.9 cm³/mol. The molecule has 5 nitrogen and oxygen atoms in total. The van der Waals surface area contributed by atoms with Crippen molar-refractivity contribution in [2.45, 2.75) is 31.7 Å². The molecule has 1 saturated heterocycles. The van der Waals surface area contributed by atoms with Gasteiger partial charge in [0.25, 0.3) is 5.91 Å². The molecular formula is C15H18N2O3. The minimum absolute atomic E-state index is 0.160. The van der Waals surface area contributed by atoms with E-state index in [4.69, 9.17) is 0 Å². The van der Waals surface area contributed by atoms with Crippen LogP contribution < -0.4 is 5.32 Å². The number of fused-ring (bicyclic) bond motifs is 1. The Hall–Kier alpha value is -2.04. The molecule has 1 aromatic rings. The molecule has 2 aliphatic heterocycles. The first-order chi connectivity index (χ1) is 9.66. The van der Waals surface area contributed by atoms with Gasteiger partial charge < -0.3 is 15.3 Å². The number of anilines is 1. The maximum atomic E-state index is 12.6. The second-order valence-corrected chi connectivity index (χ2v) is 5.40. The van der Waals surface area contributed by atoms with Gasteiger partial charge in [-0.15, -0.1) is 0 Å². The zero-order valence-electron chi connectivity index (χ0n) is 11.3. The Kier molecular flexibility index (Phi) is 3.34. The summed E-state index contributed by atoms with van der Waals surface area (Å²) >= 11 is 0. The van der Waals surface area contributed by atoms with E-state index in [1.54, 1.807) is 6.07 Å². The van der Waals surface area contributed by atoms with E-state index in [9.17, 15) is 14.7 Å². The van der Waals surface area contributed by atoms with Crippen molar-refractivity contribution in [3.63, 3.8) is 0 Å². The second kappa shape index (κ2) is 5.15. The smallest absolute Gasteiger partial charge is 0.326 e. The van der Waals surface area contributed by atoms with Crippen molar-refractivity contribution >= 4 is 17.6 Å². The van der Waals surface area contributed by atoms with E-state index in [1.807, 2.05) is 12.1 Å². The Morgan fingerprint density at radius 2 is 2.15 bits per heavy atom. The number of carboxylic acids is 1. The summed E-state index contributed by atoms with van der Waals surface area (Å²) in [6, 6.07) is 4.91. The molecule has 0 unspecified atom stereocenters. The van der Waals surface area contributed by atoms with Crippen LogP contribution in [0, 0.1) is 0 Å². The average Bonchev–Trinajstić information content (AvgIpc) is 2.93. The van der Waals surface area contributed by atoms with Crippen molar-refractivity contribution < 1.29 is 14.7 Å². The normalized spacial score (nSPS) is 21.2. The van der Waals surface area contributed by atoms with E-state index in [2.05, 4.69) is 5.32 Å². The van der Waals surface area contributed by atoms with Crippen LogP contribution in [0.3, 0.4) is 0 Å². The summed E-state index contributed by atoms with van der Waals surface area (Å²) in [5, 5.41) is 12.5. The van der Waals surface area contributed by atoms with Crippen LogP contribution in [0.15, 0.2) is 18.2 Å². The number of rotatable bonds is 2. The van der Waals surface area contributed by atoms with Gasteiger partial charge in [0.1, 0.15) is 6.04 Å². The third-order valence-corrected chi connectivity index (χ3v) is 4.11. The molecule has 1 fully saturated rings. The van der Waals surface area contributed by atoms with Crippen LogP contribution in [0.4, 0.5) is 5.69 Å². The van der Waals surface area contributed by atoms with Crippen LogP contribution in [0.5, 0.6) is 0 Å². The number of hydrogen-bond donors (Lipinski definition) is 2. The molecule has 5 heteroatoms. The van der Waals surface area contributed by atoms with Gasteiger partial charge in [-0.25, -0.2) is 4.79 Å². The van der Waals surface area contributed by atoms with Crippen LogP contribution in [0.1, 0.15) is 35.2 Å². The monoisotopic (exact) mass is 274 g/mol. The number of carbonyl (C=O) groups is 2. The van der Waals surface area contributed by atoms with Crippen LogP contribution >= 0.6 is 0 Å². The van der Waals surface area contributed by atoms with E-state index < -0.39 is 12.0 Å². The van der Waals surface area contributed by atoms with Crippen molar-refractivity contribution in [3.05, 3.63) is 29.3 Å². The lowest BCUT2D eigenvalue weighted by Gasteiger charge is -2.33. The molecule has 2 heterocycles. The fourth-order valence-electron chi connectivity index (χ4n) is 3.04. The van der Waals surface area contributed by atoms with E-state index in [-0.39, 0.29) is 5.91 Å². The van der Waals surface area contributed by atoms with E-state index in [0.29, 0.717) is 18.5 Å². The third kappa shape index (κ3) is 2.24. The van der Waals surface area contributed by atoms with E-state index >= 15 is 0 Å². The number of carbonyl (C=O) groups excluding carboxylic acids is 1.